The van der Waals surface area contributed by atoms with E-state index < -0.39 is 0 Å². The van der Waals surface area contributed by atoms with Crippen LogP contribution in [-0.4, -0.2) is 32.2 Å². The lowest BCUT2D eigenvalue weighted by Gasteiger charge is -2.08. The second-order valence-electron chi connectivity index (χ2n) is 5.60. The highest BCUT2D eigenvalue weighted by Gasteiger charge is 2.08. The Morgan fingerprint density at radius 2 is 1.81 bits per heavy atom. The number of halogens is 1. The molecule has 0 saturated carbocycles. The van der Waals surface area contributed by atoms with Crippen LogP contribution >= 0.6 is 11.6 Å². The third kappa shape index (κ3) is 4.89. The molecule has 0 atom stereocenters. The lowest BCUT2D eigenvalue weighted by atomic mass is 10.2. The summed E-state index contributed by atoms with van der Waals surface area (Å²) in [5.41, 5.74) is 1.57. The van der Waals surface area contributed by atoms with Gasteiger partial charge in [0.15, 0.2) is 0 Å². The average Bonchev–Trinajstić information content (AvgIpc) is 2.66. The number of carbonyl (C=O) groups is 1. The molecule has 3 rings (SSSR count). The van der Waals surface area contributed by atoms with Crippen LogP contribution in [0.15, 0.2) is 53.6 Å². The molecule has 0 aliphatic rings. The van der Waals surface area contributed by atoms with Crippen molar-refractivity contribution in [2.45, 2.75) is 13.5 Å². The van der Waals surface area contributed by atoms with Crippen molar-refractivity contribution in [3.63, 3.8) is 0 Å². The number of likely N-dealkylation sites (N-methyl/N-ethyl adjacent to an activating group) is 1. The van der Waals surface area contributed by atoms with Gasteiger partial charge < -0.3 is 10.6 Å². The summed E-state index contributed by atoms with van der Waals surface area (Å²) in [6, 6.07) is 10.1. The number of hydrogen-bond acceptors (Lipinski definition) is 6. The minimum absolute atomic E-state index is 0.141. The van der Waals surface area contributed by atoms with Crippen molar-refractivity contribution in [2.24, 2.45) is 0 Å². The van der Waals surface area contributed by atoms with Gasteiger partial charge in [-0.3, -0.25) is 9.59 Å². The molecule has 2 N–H and O–H groups in total. The fraction of sp³-hybridized carbons (Fsp3) is 0.167. The smallest absolute Gasteiger partial charge is 0.267 e. The van der Waals surface area contributed by atoms with Crippen molar-refractivity contribution >= 4 is 29.1 Å². The van der Waals surface area contributed by atoms with E-state index in [1.54, 1.807) is 30.6 Å². The van der Waals surface area contributed by atoms with Crippen LogP contribution in [-0.2, 0) is 11.3 Å². The highest BCUT2D eigenvalue weighted by molar-refractivity contribution is 6.30. The van der Waals surface area contributed by atoms with Crippen molar-refractivity contribution < 1.29 is 4.79 Å². The second-order valence-corrected chi connectivity index (χ2v) is 6.03. The largest absolute Gasteiger partial charge is 0.355 e. The predicted octanol–water partition coefficient (Wildman–Crippen LogP) is 2.23. The lowest BCUT2D eigenvalue weighted by Crippen LogP contribution is -2.33. The summed E-state index contributed by atoms with van der Waals surface area (Å²) in [5, 5.41) is 10.6. The van der Waals surface area contributed by atoms with Gasteiger partial charge in [0.2, 0.25) is 11.9 Å². The molecule has 0 bridgehead atoms. The molecule has 9 heteroatoms. The number of hydrogen-bond donors (Lipinski definition) is 2. The maximum absolute atomic E-state index is 11.9. The topological polar surface area (TPSA) is 102 Å². The van der Waals surface area contributed by atoms with E-state index in [1.807, 2.05) is 19.1 Å². The Hall–Kier alpha value is -3.26. The highest BCUT2D eigenvalue weighted by Crippen LogP contribution is 2.18. The maximum Gasteiger partial charge on any atom is 0.267 e. The Morgan fingerprint density at radius 1 is 1.11 bits per heavy atom. The standard InChI is InChI=1S/C18H17ClN6O2/c1-2-20-16(26)11-25-17(27)8-7-15(24-25)12-9-21-18(22-10-12)23-14-5-3-13(19)4-6-14/h3-10H,2,11H2,1H3,(H,20,26)(H,21,22,23). The minimum atomic E-state index is -0.355. The number of carbonyl (C=O) groups excluding carboxylic acids is 1. The summed E-state index contributed by atoms with van der Waals surface area (Å²) in [4.78, 5) is 32.1. The molecule has 8 nitrogen and oxygen atoms in total. The second kappa shape index (κ2) is 8.41. The first-order valence-electron chi connectivity index (χ1n) is 8.25. The molecule has 0 saturated heterocycles. The molecule has 0 aliphatic heterocycles. The molecule has 0 aliphatic carbocycles. The molecule has 2 aromatic heterocycles. The van der Waals surface area contributed by atoms with Crippen molar-refractivity contribution in [1.82, 2.24) is 25.1 Å². The summed E-state index contributed by atoms with van der Waals surface area (Å²) in [7, 11) is 0. The highest BCUT2D eigenvalue weighted by atomic mass is 35.5. The molecule has 3 aromatic rings. The molecule has 1 amide bonds. The fourth-order valence-corrected chi connectivity index (χ4v) is 2.42. The Morgan fingerprint density at radius 3 is 2.48 bits per heavy atom. The van der Waals surface area contributed by atoms with E-state index in [1.165, 1.54) is 6.07 Å². The molecular formula is C18H17ClN6O2. The first-order valence-corrected chi connectivity index (χ1v) is 8.63. The number of rotatable bonds is 6. The SMILES string of the molecule is CCNC(=O)Cn1nc(-c2cnc(Nc3ccc(Cl)cc3)nc2)ccc1=O. The molecule has 138 valence electrons. The van der Waals surface area contributed by atoms with Crippen LogP contribution < -0.4 is 16.2 Å². The van der Waals surface area contributed by atoms with Crippen molar-refractivity contribution in [2.75, 3.05) is 11.9 Å². The molecule has 1 aromatic carbocycles. The van der Waals surface area contributed by atoms with Gasteiger partial charge in [0.05, 0.1) is 5.69 Å². The van der Waals surface area contributed by atoms with Crippen LogP contribution in [0.2, 0.25) is 5.02 Å². The zero-order chi connectivity index (χ0) is 19.2. The first-order chi connectivity index (χ1) is 13.0. The van der Waals surface area contributed by atoms with E-state index in [9.17, 15) is 9.59 Å². The van der Waals surface area contributed by atoms with Crippen LogP contribution in [0.3, 0.4) is 0 Å². The van der Waals surface area contributed by atoms with Gasteiger partial charge in [-0.15, -0.1) is 0 Å². The van der Waals surface area contributed by atoms with Gasteiger partial charge in [-0.1, -0.05) is 11.6 Å². The van der Waals surface area contributed by atoms with Crippen LogP contribution in [0.1, 0.15) is 6.92 Å². The van der Waals surface area contributed by atoms with Gasteiger partial charge in [0.25, 0.3) is 5.56 Å². The third-order valence-electron chi connectivity index (χ3n) is 3.58. The van der Waals surface area contributed by atoms with E-state index in [2.05, 4.69) is 25.7 Å². The summed E-state index contributed by atoms with van der Waals surface area (Å²) in [6.07, 6.45) is 3.18. The normalized spacial score (nSPS) is 10.4. The van der Waals surface area contributed by atoms with E-state index in [0.717, 1.165) is 10.4 Å². The minimum Gasteiger partial charge on any atom is -0.355 e. The Kier molecular flexibility index (Phi) is 5.77. The molecule has 0 unspecified atom stereocenters. The number of nitrogens with one attached hydrogen (secondary N) is 2. The number of amides is 1. The van der Waals surface area contributed by atoms with Gasteiger partial charge in [-0.05, 0) is 37.3 Å². The zero-order valence-electron chi connectivity index (χ0n) is 14.5. The molecule has 27 heavy (non-hydrogen) atoms. The van der Waals surface area contributed by atoms with Crippen LogP contribution in [0.5, 0.6) is 0 Å². The molecule has 2 heterocycles. The summed E-state index contributed by atoms with van der Waals surface area (Å²) in [5.74, 6) is 0.139. The zero-order valence-corrected chi connectivity index (χ0v) is 15.3. The van der Waals surface area contributed by atoms with Crippen LogP contribution in [0.4, 0.5) is 11.6 Å². The summed E-state index contributed by atoms with van der Waals surface area (Å²) >= 11 is 5.86. The average molecular weight is 385 g/mol. The van der Waals surface area contributed by atoms with E-state index in [0.29, 0.717) is 28.8 Å². The predicted molar refractivity (Wildman–Crippen MR) is 103 cm³/mol. The third-order valence-corrected chi connectivity index (χ3v) is 3.83. The van der Waals surface area contributed by atoms with Crippen LogP contribution in [0, 0.1) is 0 Å². The number of aromatic nitrogens is 4. The van der Waals surface area contributed by atoms with Gasteiger partial charge in [-0.25, -0.2) is 14.6 Å². The quantitative estimate of drug-likeness (QED) is 0.675. The number of anilines is 2. The fourth-order valence-electron chi connectivity index (χ4n) is 2.29. The molecular weight excluding hydrogens is 368 g/mol. The van der Waals surface area contributed by atoms with Gasteiger partial charge in [0.1, 0.15) is 6.54 Å². The first kappa shape index (κ1) is 18.5. The van der Waals surface area contributed by atoms with Crippen molar-refractivity contribution in [3.8, 4) is 11.3 Å². The Bertz CT molecular complexity index is 986. The molecule has 0 radical (unpaired) electrons. The van der Waals surface area contributed by atoms with Gasteiger partial charge in [0, 0.05) is 41.3 Å². The van der Waals surface area contributed by atoms with Crippen molar-refractivity contribution in [3.05, 3.63) is 64.2 Å². The summed E-state index contributed by atoms with van der Waals surface area (Å²) in [6.45, 7) is 2.16. The van der Waals surface area contributed by atoms with E-state index >= 15 is 0 Å². The van der Waals surface area contributed by atoms with Crippen molar-refractivity contribution in [1.29, 1.82) is 0 Å². The Balaban J connectivity index is 1.77. The van der Waals surface area contributed by atoms with Gasteiger partial charge in [-0.2, -0.15) is 5.10 Å². The van der Waals surface area contributed by atoms with E-state index in [-0.39, 0.29) is 18.0 Å². The molecule has 0 spiro atoms. The Labute approximate surface area is 160 Å². The van der Waals surface area contributed by atoms with E-state index in [4.69, 9.17) is 11.6 Å². The number of nitrogens with zero attached hydrogens (tertiary/aromatic N) is 4. The number of benzene rings is 1. The lowest BCUT2D eigenvalue weighted by molar-refractivity contribution is -0.121. The van der Waals surface area contributed by atoms with Gasteiger partial charge >= 0.3 is 0 Å². The van der Waals surface area contributed by atoms with Crippen LogP contribution in [0.25, 0.3) is 11.3 Å². The summed E-state index contributed by atoms with van der Waals surface area (Å²) < 4.78 is 1.11. The maximum atomic E-state index is 11.9. The monoisotopic (exact) mass is 384 g/mol. The molecule has 0 fully saturated rings.